The van der Waals surface area contributed by atoms with Gasteiger partial charge in [0, 0.05) is 25.1 Å². The lowest BCUT2D eigenvalue weighted by molar-refractivity contribution is -0.390. The minimum Gasteiger partial charge on any atom is -0.366 e. The van der Waals surface area contributed by atoms with Crippen LogP contribution in [-0.4, -0.2) is 33.6 Å². The Bertz CT molecular complexity index is 802. The van der Waals surface area contributed by atoms with E-state index in [9.17, 15) is 10.1 Å². The summed E-state index contributed by atoms with van der Waals surface area (Å²) in [6.07, 6.45) is 1.50. The third-order valence-corrected chi connectivity index (χ3v) is 5.17. The molecule has 0 amide bonds. The molecule has 2 aromatic rings. The van der Waals surface area contributed by atoms with Crippen LogP contribution in [0.5, 0.6) is 0 Å². The van der Waals surface area contributed by atoms with Gasteiger partial charge < -0.3 is 24.5 Å². The largest absolute Gasteiger partial charge is 0.386 e. The number of aryl methyl sites for hydroxylation is 1. The molecule has 1 aliphatic heterocycles. The molecule has 1 aromatic heterocycles. The SMILES string of the molecule is CN1c2cc(Br)ccc2N(Cc2c([N+](=O)[O-])ncn2C)CC1(C)C. The van der Waals surface area contributed by atoms with Crippen molar-refractivity contribution in [2.45, 2.75) is 25.9 Å². The van der Waals surface area contributed by atoms with Crippen LogP contribution >= 0.6 is 15.9 Å². The van der Waals surface area contributed by atoms with Gasteiger partial charge in [0.15, 0.2) is 0 Å². The van der Waals surface area contributed by atoms with Crippen LogP contribution < -0.4 is 9.80 Å². The van der Waals surface area contributed by atoms with Gasteiger partial charge in [-0.1, -0.05) is 15.9 Å². The number of fused-ring (bicyclic) bond motifs is 1. The predicted octanol–water partition coefficient (Wildman–Crippen LogP) is 3.33. The zero-order chi connectivity index (χ0) is 17.6. The Kier molecular flexibility index (Phi) is 4.03. The molecule has 0 spiro atoms. The number of likely N-dealkylation sites (N-methyl/N-ethyl adjacent to an activating group) is 1. The molecular formula is C16H20BrN5O2. The molecule has 0 saturated heterocycles. The number of hydrogen-bond acceptors (Lipinski definition) is 5. The van der Waals surface area contributed by atoms with Crippen LogP contribution in [0, 0.1) is 10.1 Å². The highest BCUT2D eigenvalue weighted by molar-refractivity contribution is 9.10. The van der Waals surface area contributed by atoms with Gasteiger partial charge in [-0.25, -0.2) is 0 Å². The Morgan fingerprint density at radius 2 is 2.04 bits per heavy atom. The van der Waals surface area contributed by atoms with Gasteiger partial charge in [-0.05, 0) is 42.0 Å². The molecule has 0 radical (unpaired) electrons. The van der Waals surface area contributed by atoms with Crippen molar-refractivity contribution in [1.29, 1.82) is 0 Å². The molecule has 1 aliphatic rings. The molecule has 1 aromatic carbocycles. The van der Waals surface area contributed by atoms with Crippen LogP contribution in [0.1, 0.15) is 19.5 Å². The van der Waals surface area contributed by atoms with E-state index in [1.165, 1.54) is 6.33 Å². The van der Waals surface area contributed by atoms with Crippen LogP contribution in [0.4, 0.5) is 17.2 Å². The molecule has 7 nitrogen and oxygen atoms in total. The van der Waals surface area contributed by atoms with E-state index in [1.54, 1.807) is 11.6 Å². The average molecular weight is 394 g/mol. The summed E-state index contributed by atoms with van der Waals surface area (Å²) in [5, 5.41) is 11.2. The Morgan fingerprint density at radius 3 is 2.71 bits per heavy atom. The highest BCUT2D eigenvalue weighted by Gasteiger charge is 2.36. The zero-order valence-corrected chi connectivity index (χ0v) is 15.7. The molecule has 0 saturated carbocycles. The lowest BCUT2D eigenvalue weighted by Gasteiger charge is -2.48. The van der Waals surface area contributed by atoms with Gasteiger partial charge in [-0.3, -0.25) is 0 Å². The first-order valence-corrected chi connectivity index (χ1v) is 8.43. The van der Waals surface area contributed by atoms with Crippen molar-refractivity contribution in [2.24, 2.45) is 7.05 Å². The fraction of sp³-hybridized carbons (Fsp3) is 0.438. The van der Waals surface area contributed by atoms with E-state index in [0.29, 0.717) is 12.2 Å². The number of hydrogen-bond donors (Lipinski definition) is 0. The zero-order valence-electron chi connectivity index (χ0n) is 14.2. The van der Waals surface area contributed by atoms with Crippen molar-refractivity contribution in [2.75, 3.05) is 23.4 Å². The summed E-state index contributed by atoms with van der Waals surface area (Å²) in [7, 11) is 3.87. The van der Waals surface area contributed by atoms with E-state index in [0.717, 1.165) is 22.4 Å². The lowest BCUT2D eigenvalue weighted by atomic mass is 9.96. The Labute approximate surface area is 149 Å². The summed E-state index contributed by atoms with van der Waals surface area (Å²) in [5.41, 5.74) is 2.68. The molecule has 3 rings (SSSR count). The maximum atomic E-state index is 11.2. The van der Waals surface area contributed by atoms with Crippen LogP contribution in [0.3, 0.4) is 0 Å². The van der Waals surface area contributed by atoms with E-state index in [4.69, 9.17) is 0 Å². The molecular weight excluding hydrogens is 374 g/mol. The van der Waals surface area contributed by atoms with Crippen LogP contribution in [0.2, 0.25) is 0 Å². The number of imidazole rings is 1. The predicted molar refractivity (Wildman–Crippen MR) is 97.5 cm³/mol. The highest BCUT2D eigenvalue weighted by Crippen LogP contribution is 2.41. The molecule has 128 valence electrons. The summed E-state index contributed by atoms with van der Waals surface area (Å²) >= 11 is 3.53. The lowest BCUT2D eigenvalue weighted by Crippen LogP contribution is -2.54. The summed E-state index contributed by atoms with van der Waals surface area (Å²) in [4.78, 5) is 19.2. The number of rotatable bonds is 3. The van der Waals surface area contributed by atoms with Crippen molar-refractivity contribution in [3.63, 3.8) is 0 Å². The molecule has 0 bridgehead atoms. The number of nitro groups is 1. The molecule has 0 fully saturated rings. The van der Waals surface area contributed by atoms with Gasteiger partial charge in [0.2, 0.25) is 6.33 Å². The number of benzene rings is 1. The molecule has 8 heteroatoms. The van der Waals surface area contributed by atoms with E-state index in [2.05, 4.69) is 57.7 Å². The van der Waals surface area contributed by atoms with Crippen molar-refractivity contribution >= 4 is 33.1 Å². The summed E-state index contributed by atoms with van der Waals surface area (Å²) in [5.74, 6) is -0.0760. The standard InChI is InChI=1S/C16H20BrN5O2/c1-16(2)9-21(8-14-15(22(23)24)18-10-19(14)3)12-6-5-11(17)7-13(12)20(16)4/h5-7,10H,8-9H2,1-4H3. The van der Waals surface area contributed by atoms with E-state index < -0.39 is 4.92 Å². The topological polar surface area (TPSA) is 67.4 Å². The van der Waals surface area contributed by atoms with Crippen molar-refractivity contribution in [3.05, 3.63) is 44.8 Å². The number of nitrogens with zero attached hydrogens (tertiary/aromatic N) is 5. The number of aromatic nitrogens is 2. The fourth-order valence-corrected chi connectivity index (χ4v) is 3.47. The Morgan fingerprint density at radius 1 is 1.33 bits per heavy atom. The third-order valence-electron chi connectivity index (χ3n) is 4.68. The van der Waals surface area contributed by atoms with Crippen molar-refractivity contribution < 1.29 is 4.92 Å². The second-order valence-corrected chi connectivity index (χ2v) is 7.66. The molecule has 2 heterocycles. The van der Waals surface area contributed by atoms with Crippen LogP contribution in [0.15, 0.2) is 29.0 Å². The van der Waals surface area contributed by atoms with Crippen molar-refractivity contribution in [1.82, 2.24) is 9.55 Å². The van der Waals surface area contributed by atoms with Crippen LogP contribution in [-0.2, 0) is 13.6 Å². The first kappa shape index (κ1) is 16.8. The molecule has 0 N–H and O–H groups in total. The normalized spacial score (nSPS) is 16.2. The van der Waals surface area contributed by atoms with Gasteiger partial charge in [0.1, 0.15) is 5.69 Å². The first-order valence-electron chi connectivity index (χ1n) is 7.63. The summed E-state index contributed by atoms with van der Waals surface area (Å²) in [6, 6.07) is 6.13. The fourth-order valence-electron chi connectivity index (χ4n) is 3.12. The smallest absolute Gasteiger partial charge is 0.366 e. The minimum atomic E-state index is -0.418. The van der Waals surface area contributed by atoms with Gasteiger partial charge >= 0.3 is 5.82 Å². The monoisotopic (exact) mass is 393 g/mol. The maximum Gasteiger partial charge on any atom is 0.386 e. The number of halogens is 1. The third kappa shape index (κ3) is 2.75. The molecule has 0 atom stereocenters. The Hall–Kier alpha value is -2.09. The van der Waals surface area contributed by atoms with Gasteiger partial charge in [0.25, 0.3) is 0 Å². The second-order valence-electron chi connectivity index (χ2n) is 6.74. The molecule has 0 aliphatic carbocycles. The van der Waals surface area contributed by atoms with E-state index in [1.807, 2.05) is 12.1 Å². The minimum absolute atomic E-state index is 0.0760. The summed E-state index contributed by atoms with van der Waals surface area (Å²) in [6.45, 7) is 5.54. The van der Waals surface area contributed by atoms with Gasteiger partial charge in [-0.15, -0.1) is 0 Å². The molecule has 0 unspecified atom stereocenters. The molecule has 24 heavy (non-hydrogen) atoms. The highest BCUT2D eigenvalue weighted by atomic mass is 79.9. The maximum absolute atomic E-state index is 11.2. The average Bonchev–Trinajstić information content (AvgIpc) is 2.85. The summed E-state index contributed by atoms with van der Waals surface area (Å²) < 4.78 is 2.74. The second kappa shape index (κ2) is 5.77. The Balaban J connectivity index is 2.05. The van der Waals surface area contributed by atoms with Gasteiger partial charge in [-0.2, -0.15) is 0 Å². The van der Waals surface area contributed by atoms with Gasteiger partial charge in [0.05, 0.1) is 23.5 Å². The van der Waals surface area contributed by atoms with Crippen LogP contribution in [0.25, 0.3) is 0 Å². The first-order chi connectivity index (χ1) is 11.2. The number of anilines is 2. The van der Waals surface area contributed by atoms with Crippen molar-refractivity contribution in [3.8, 4) is 0 Å². The van der Waals surface area contributed by atoms with E-state index >= 15 is 0 Å². The quantitative estimate of drug-likeness (QED) is 0.590. The van der Waals surface area contributed by atoms with E-state index in [-0.39, 0.29) is 11.4 Å².